The lowest BCUT2D eigenvalue weighted by molar-refractivity contribution is 0.791. The molecule has 0 radical (unpaired) electrons. The Labute approximate surface area is 377 Å². The second-order valence-electron chi connectivity index (χ2n) is 17.5. The van der Waals surface area contributed by atoms with Crippen LogP contribution in [0, 0.1) is 0 Å². The van der Waals surface area contributed by atoms with E-state index in [1.165, 1.54) is 72.2 Å². The Kier molecular flexibility index (Phi) is 7.67. The van der Waals surface area contributed by atoms with E-state index in [0.29, 0.717) is 17.5 Å². The summed E-state index contributed by atoms with van der Waals surface area (Å²) in [6.45, 7) is -0.0226. The Hall–Kier alpha value is -8.41. The molecule has 0 bridgehead atoms. The predicted octanol–water partition coefficient (Wildman–Crippen LogP) is 13.2. The van der Waals surface area contributed by atoms with Crippen molar-refractivity contribution in [2.24, 2.45) is 0 Å². The standard InChI is InChI=1S/C60H37BN4/c1-2-15-38(16-3-1)41-19-14-20-42(33-41)57-62-58(43-30-29-39-17-4-5-18-40(39)34-43)64-59(63-57)44-31-32-55-49(35-44)48-24-9-13-28-56(48)65-37-54-50(36-61(55)65)47-23-8-12-27-53(47)60(54)51-25-10-6-21-45(51)46-22-7-11-26-52(46)60/h1-37H. The zero-order valence-electron chi connectivity index (χ0n) is 35.2. The molecule has 9 aromatic carbocycles. The summed E-state index contributed by atoms with van der Waals surface area (Å²) in [5.74, 6) is 4.45. The number of para-hydroxylation sites is 1. The molecule has 300 valence electrons. The van der Waals surface area contributed by atoms with E-state index in [9.17, 15) is 0 Å². The minimum Gasteiger partial charge on any atom is -0.383 e. The number of hydrogen-bond acceptors (Lipinski definition) is 4. The van der Waals surface area contributed by atoms with Crippen molar-refractivity contribution >= 4 is 34.3 Å². The van der Waals surface area contributed by atoms with Gasteiger partial charge in [-0.3, -0.25) is 0 Å². The maximum absolute atomic E-state index is 5.27. The van der Waals surface area contributed by atoms with Crippen molar-refractivity contribution in [3.63, 3.8) is 0 Å². The number of hydrogen-bond donors (Lipinski definition) is 0. The summed E-state index contributed by atoms with van der Waals surface area (Å²) in [7, 11) is 0. The highest BCUT2D eigenvalue weighted by Crippen LogP contribution is 2.64. The van der Waals surface area contributed by atoms with Crippen LogP contribution >= 0.6 is 0 Å². The van der Waals surface area contributed by atoms with E-state index in [2.05, 4.69) is 223 Å². The molecule has 1 aromatic heterocycles. The van der Waals surface area contributed by atoms with Gasteiger partial charge in [0.05, 0.1) is 5.41 Å². The van der Waals surface area contributed by atoms with E-state index >= 15 is 0 Å². The number of aromatic nitrogens is 3. The average Bonchev–Trinajstić information content (AvgIpc) is 3.85. The Morgan fingerprint density at radius 2 is 0.908 bits per heavy atom. The molecule has 5 heteroatoms. The van der Waals surface area contributed by atoms with Crippen LogP contribution in [0.1, 0.15) is 22.3 Å². The number of fused-ring (bicyclic) bond motifs is 17. The van der Waals surface area contributed by atoms with Crippen molar-refractivity contribution in [1.29, 1.82) is 0 Å². The zero-order chi connectivity index (χ0) is 42.6. The molecular weight excluding hydrogens is 787 g/mol. The van der Waals surface area contributed by atoms with Gasteiger partial charge in [0.2, 0.25) is 0 Å². The summed E-state index contributed by atoms with van der Waals surface area (Å²) in [6, 6.07) is 76.7. The minimum absolute atomic E-state index is 0.0226. The van der Waals surface area contributed by atoms with Crippen molar-refractivity contribution < 1.29 is 0 Å². The van der Waals surface area contributed by atoms with Crippen LogP contribution < -0.4 is 10.3 Å². The van der Waals surface area contributed by atoms with Crippen LogP contribution in [-0.2, 0) is 5.41 Å². The minimum atomic E-state index is -0.417. The summed E-state index contributed by atoms with van der Waals surface area (Å²) in [4.78, 5) is 18.2. The van der Waals surface area contributed by atoms with Crippen molar-refractivity contribution in [3.05, 3.63) is 252 Å². The summed E-state index contributed by atoms with van der Waals surface area (Å²) in [6.07, 6.45) is 2.48. The normalized spacial score (nSPS) is 14.4. The van der Waals surface area contributed by atoms with Gasteiger partial charge < -0.3 is 4.81 Å². The fraction of sp³-hybridized carbons (Fsp3) is 0.0167. The van der Waals surface area contributed by atoms with Crippen LogP contribution in [0.4, 0.5) is 5.69 Å². The third kappa shape index (κ3) is 5.24. The molecule has 0 saturated carbocycles. The molecule has 0 amide bonds. The van der Waals surface area contributed by atoms with Crippen LogP contribution in [0.3, 0.4) is 0 Å². The van der Waals surface area contributed by atoms with Gasteiger partial charge in [-0.1, -0.05) is 194 Å². The number of benzene rings is 9. The highest BCUT2D eigenvalue weighted by molar-refractivity contribution is 6.84. The van der Waals surface area contributed by atoms with Gasteiger partial charge in [0.25, 0.3) is 0 Å². The molecule has 0 saturated heterocycles. The molecule has 14 rings (SSSR count). The first-order valence-electron chi connectivity index (χ1n) is 22.4. The highest BCUT2D eigenvalue weighted by atomic mass is 15.1. The molecule has 0 N–H and O–H groups in total. The number of allylic oxidation sites excluding steroid dienone is 2. The number of anilines is 1. The fourth-order valence-corrected chi connectivity index (χ4v) is 11.3. The molecule has 10 aromatic rings. The summed E-state index contributed by atoms with van der Waals surface area (Å²) in [5.41, 5.74) is 20.1. The smallest absolute Gasteiger partial charge is 0.321 e. The van der Waals surface area contributed by atoms with Crippen molar-refractivity contribution in [2.45, 2.75) is 5.41 Å². The second-order valence-corrected chi connectivity index (χ2v) is 17.5. The lowest BCUT2D eigenvalue weighted by Gasteiger charge is -2.40. The number of nitrogens with zero attached hydrogens (tertiary/aromatic N) is 4. The Morgan fingerprint density at radius 3 is 1.65 bits per heavy atom. The number of rotatable bonds is 4. The van der Waals surface area contributed by atoms with Gasteiger partial charge in [-0.05, 0) is 108 Å². The predicted molar refractivity (Wildman–Crippen MR) is 267 cm³/mol. The zero-order valence-corrected chi connectivity index (χ0v) is 35.2. The first-order valence-corrected chi connectivity index (χ1v) is 22.4. The van der Waals surface area contributed by atoms with E-state index < -0.39 is 5.41 Å². The molecule has 2 aliphatic carbocycles. The summed E-state index contributed by atoms with van der Waals surface area (Å²) < 4.78 is 0. The van der Waals surface area contributed by atoms with Crippen LogP contribution in [0.5, 0.6) is 0 Å². The monoisotopic (exact) mass is 824 g/mol. The van der Waals surface area contributed by atoms with E-state index in [4.69, 9.17) is 15.0 Å². The van der Waals surface area contributed by atoms with Crippen molar-refractivity contribution in [1.82, 2.24) is 15.0 Å². The molecule has 3 heterocycles. The first kappa shape index (κ1) is 36.1. The quantitative estimate of drug-likeness (QED) is 0.166. The van der Waals surface area contributed by atoms with Gasteiger partial charge >= 0.3 is 6.85 Å². The Bertz CT molecular complexity index is 3650. The lowest BCUT2D eigenvalue weighted by atomic mass is 9.48. The Balaban J connectivity index is 0.942. The van der Waals surface area contributed by atoms with E-state index in [1.54, 1.807) is 0 Å². The molecule has 65 heavy (non-hydrogen) atoms. The SMILES string of the molecule is C1=C2C(=CN3B1c1ccc(-c4nc(-c5cccc(-c6ccccc6)c5)nc(-c5ccc6ccccc6c5)n4)cc1-c1ccccc13)C1(c3ccccc32)c2ccccc2-c2ccccc21. The van der Waals surface area contributed by atoms with Gasteiger partial charge in [0.15, 0.2) is 17.5 Å². The van der Waals surface area contributed by atoms with E-state index in [1.807, 2.05) is 6.07 Å². The fourth-order valence-electron chi connectivity index (χ4n) is 11.3. The maximum atomic E-state index is 5.27. The van der Waals surface area contributed by atoms with E-state index in [0.717, 1.165) is 33.2 Å². The largest absolute Gasteiger partial charge is 0.383 e. The van der Waals surface area contributed by atoms with Gasteiger partial charge in [-0.25, -0.2) is 15.0 Å². The summed E-state index contributed by atoms with van der Waals surface area (Å²) >= 11 is 0. The molecule has 2 aliphatic heterocycles. The van der Waals surface area contributed by atoms with Gasteiger partial charge in [0.1, 0.15) is 0 Å². The highest BCUT2D eigenvalue weighted by Gasteiger charge is 2.55. The van der Waals surface area contributed by atoms with Crippen LogP contribution in [0.2, 0.25) is 0 Å². The molecule has 0 fully saturated rings. The first-order chi connectivity index (χ1) is 32.2. The van der Waals surface area contributed by atoms with Gasteiger partial charge in [0, 0.05) is 27.9 Å². The average molecular weight is 825 g/mol. The third-order valence-corrected chi connectivity index (χ3v) is 14.1. The molecule has 4 aliphatic rings. The summed E-state index contributed by atoms with van der Waals surface area (Å²) in [5, 5.41) is 2.32. The maximum Gasteiger partial charge on any atom is 0.321 e. The molecule has 0 unspecified atom stereocenters. The van der Waals surface area contributed by atoms with Crippen LogP contribution in [-0.4, -0.2) is 21.8 Å². The van der Waals surface area contributed by atoms with E-state index in [-0.39, 0.29) is 6.85 Å². The van der Waals surface area contributed by atoms with Gasteiger partial charge in [-0.15, -0.1) is 0 Å². The topological polar surface area (TPSA) is 41.9 Å². The Morgan fingerprint density at radius 1 is 0.369 bits per heavy atom. The van der Waals surface area contributed by atoms with Crippen molar-refractivity contribution in [3.8, 4) is 67.5 Å². The molecule has 0 atom stereocenters. The van der Waals surface area contributed by atoms with Crippen molar-refractivity contribution in [2.75, 3.05) is 4.81 Å². The van der Waals surface area contributed by atoms with Crippen LogP contribution in [0.15, 0.2) is 230 Å². The molecule has 4 nitrogen and oxygen atoms in total. The van der Waals surface area contributed by atoms with Crippen LogP contribution in [0.25, 0.3) is 83.9 Å². The second kappa shape index (κ2) is 13.8. The molecule has 1 spiro atoms. The lowest BCUT2D eigenvalue weighted by Crippen LogP contribution is -2.50. The molecular formula is C60H37BN4. The van der Waals surface area contributed by atoms with Gasteiger partial charge in [-0.2, -0.15) is 0 Å². The third-order valence-electron chi connectivity index (χ3n) is 14.1.